The number of methoxy groups -OCH3 is 1. The molecule has 5 aromatic rings. The minimum Gasteiger partial charge on any atom is -0.494 e. The molecule has 0 fully saturated rings. The Morgan fingerprint density at radius 1 is 1.00 bits per heavy atom. The molecule has 0 aliphatic heterocycles. The Labute approximate surface area is 219 Å². The van der Waals surface area contributed by atoms with Crippen molar-refractivity contribution in [1.29, 1.82) is 0 Å². The molecule has 0 saturated heterocycles. The summed E-state index contributed by atoms with van der Waals surface area (Å²) in [6.45, 7) is 3.94. The van der Waals surface area contributed by atoms with E-state index in [-0.39, 0.29) is 11.5 Å². The summed E-state index contributed by atoms with van der Waals surface area (Å²) in [7, 11) is 1.55. The number of rotatable bonds is 9. The van der Waals surface area contributed by atoms with Crippen LogP contribution < -0.4 is 10.3 Å². The molecule has 3 aromatic heterocycles. The molecule has 0 bridgehead atoms. The van der Waals surface area contributed by atoms with Crippen LogP contribution in [0.1, 0.15) is 42.4 Å². The lowest BCUT2D eigenvalue weighted by Gasteiger charge is -2.15. The van der Waals surface area contributed by atoms with Crippen molar-refractivity contribution in [2.24, 2.45) is 0 Å². The number of ether oxygens (including phenoxy) is 1. The predicted molar refractivity (Wildman–Crippen MR) is 143 cm³/mol. The van der Waals surface area contributed by atoms with Crippen molar-refractivity contribution in [3.8, 4) is 34.2 Å². The fraction of sp³-hybridized carbons (Fsp3) is 0.250. The zero-order valence-corrected chi connectivity index (χ0v) is 21.5. The first-order valence-corrected chi connectivity index (χ1v) is 12.5. The van der Waals surface area contributed by atoms with Crippen molar-refractivity contribution in [2.75, 3.05) is 7.11 Å². The summed E-state index contributed by atoms with van der Waals surface area (Å²) in [5, 5.41) is 14.3. The Morgan fingerprint density at radius 3 is 2.39 bits per heavy atom. The van der Waals surface area contributed by atoms with Gasteiger partial charge in [0.1, 0.15) is 5.82 Å². The molecule has 0 radical (unpaired) electrons. The van der Waals surface area contributed by atoms with Gasteiger partial charge in [0.05, 0.1) is 25.2 Å². The normalized spacial score (nSPS) is 11.0. The van der Waals surface area contributed by atoms with Gasteiger partial charge in [-0.05, 0) is 46.9 Å². The van der Waals surface area contributed by atoms with Gasteiger partial charge in [0, 0.05) is 17.5 Å². The van der Waals surface area contributed by atoms with Gasteiger partial charge in [-0.15, -0.1) is 5.10 Å². The summed E-state index contributed by atoms with van der Waals surface area (Å²) >= 11 is 0. The standard InChI is InChI=1S/C28H28N8O2/c1-4-5-10-25-24(27(37)36(18(2)31-25)28-29-16-21(38-3)17-30-28)15-19-11-13-20(14-12-19)22-8-6-7-9-23(22)26-32-34-35-33-26/h6-9,11-14,16-17H,4-5,10,15H2,1-3H3,(H,32,33,34,35). The van der Waals surface area contributed by atoms with Crippen LogP contribution in [0.25, 0.3) is 28.5 Å². The van der Waals surface area contributed by atoms with Crippen LogP contribution >= 0.6 is 0 Å². The van der Waals surface area contributed by atoms with Crippen molar-refractivity contribution in [3.05, 3.63) is 93.9 Å². The van der Waals surface area contributed by atoms with Crippen LogP contribution in [-0.2, 0) is 12.8 Å². The van der Waals surface area contributed by atoms with E-state index >= 15 is 0 Å². The number of benzene rings is 2. The van der Waals surface area contributed by atoms with Crippen molar-refractivity contribution >= 4 is 0 Å². The maximum absolute atomic E-state index is 13.8. The largest absolute Gasteiger partial charge is 0.494 e. The Morgan fingerprint density at radius 2 is 1.74 bits per heavy atom. The van der Waals surface area contributed by atoms with Crippen LogP contribution in [0.2, 0.25) is 0 Å². The number of H-pyrrole nitrogens is 1. The number of hydrogen-bond donors (Lipinski definition) is 1. The van der Waals surface area contributed by atoms with Crippen molar-refractivity contribution in [1.82, 2.24) is 40.1 Å². The fourth-order valence-corrected chi connectivity index (χ4v) is 4.43. The molecule has 0 spiro atoms. The second-order valence-corrected chi connectivity index (χ2v) is 8.92. The monoisotopic (exact) mass is 508 g/mol. The molecular weight excluding hydrogens is 480 g/mol. The third-order valence-electron chi connectivity index (χ3n) is 6.42. The summed E-state index contributed by atoms with van der Waals surface area (Å²) in [5.74, 6) is 1.97. The lowest BCUT2D eigenvalue weighted by atomic mass is 9.96. The number of aromatic nitrogens is 8. The molecule has 0 aliphatic rings. The minimum atomic E-state index is -0.152. The zero-order valence-electron chi connectivity index (χ0n) is 21.5. The van der Waals surface area contributed by atoms with Crippen molar-refractivity contribution in [2.45, 2.75) is 39.5 Å². The van der Waals surface area contributed by atoms with E-state index < -0.39 is 0 Å². The van der Waals surface area contributed by atoms with E-state index in [1.165, 1.54) is 4.57 Å². The topological polar surface area (TPSA) is 124 Å². The first-order chi connectivity index (χ1) is 18.6. The van der Waals surface area contributed by atoms with E-state index in [1.54, 1.807) is 19.5 Å². The molecule has 3 heterocycles. The molecule has 0 saturated carbocycles. The van der Waals surface area contributed by atoms with Crippen LogP contribution in [-0.4, -0.2) is 47.3 Å². The zero-order chi connectivity index (χ0) is 26.5. The Balaban J connectivity index is 1.51. The molecule has 0 unspecified atom stereocenters. The predicted octanol–water partition coefficient (Wildman–Crippen LogP) is 4.12. The third kappa shape index (κ3) is 5.06. The number of nitrogens with one attached hydrogen (secondary N) is 1. The molecule has 0 amide bonds. The van der Waals surface area contributed by atoms with Crippen LogP contribution in [0.15, 0.2) is 65.7 Å². The van der Waals surface area contributed by atoms with E-state index in [0.29, 0.717) is 29.4 Å². The molecule has 10 nitrogen and oxygen atoms in total. The van der Waals surface area contributed by atoms with Gasteiger partial charge >= 0.3 is 0 Å². The average molecular weight is 509 g/mol. The van der Waals surface area contributed by atoms with Gasteiger partial charge in [0.15, 0.2) is 11.6 Å². The van der Waals surface area contributed by atoms with E-state index in [0.717, 1.165) is 47.2 Å². The molecular formula is C28H28N8O2. The summed E-state index contributed by atoms with van der Waals surface area (Å²) < 4.78 is 6.63. The maximum atomic E-state index is 13.8. The Hall–Kier alpha value is -4.73. The summed E-state index contributed by atoms with van der Waals surface area (Å²) in [6.07, 6.45) is 6.25. The Kier molecular flexibility index (Phi) is 7.30. The van der Waals surface area contributed by atoms with Gasteiger partial charge in [-0.25, -0.2) is 24.6 Å². The molecule has 38 heavy (non-hydrogen) atoms. The molecule has 1 N–H and O–H groups in total. The van der Waals surface area contributed by atoms with Crippen molar-refractivity contribution < 1.29 is 4.74 Å². The number of unbranched alkanes of at least 4 members (excludes halogenated alkanes) is 1. The molecule has 0 aliphatic carbocycles. The molecule has 192 valence electrons. The van der Waals surface area contributed by atoms with Gasteiger partial charge in [-0.3, -0.25) is 4.79 Å². The second kappa shape index (κ2) is 11.1. The minimum absolute atomic E-state index is 0.152. The summed E-state index contributed by atoms with van der Waals surface area (Å²) in [6, 6.07) is 16.1. The van der Waals surface area contributed by atoms with Crippen LogP contribution in [0.5, 0.6) is 5.75 Å². The molecule has 0 atom stereocenters. The number of aromatic amines is 1. The SMILES string of the molecule is CCCCc1nc(C)n(-c2ncc(OC)cn2)c(=O)c1Cc1ccc(-c2ccccc2-c2nnn[nH]2)cc1. The van der Waals surface area contributed by atoms with Gasteiger partial charge in [0.2, 0.25) is 5.95 Å². The fourth-order valence-electron chi connectivity index (χ4n) is 4.43. The van der Waals surface area contributed by atoms with Gasteiger partial charge in [-0.1, -0.05) is 61.9 Å². The van der Waals surface area contributed by atoms with Gasteiger partial charge < -0.3 is 4.74 Å². The highest BCUT2D eigenvalue weighted by Crippen LogP contribution is 2.30. The van der Waals surface area contributed by atoms with Crippen LogP contribution in [0.4, 0.5) is 0 Å². The number of tetrazole rings is 1. The lowest BCUT2D eigenvalue weighted by Crippen LogP contribution is -2.29. The molecule has 2 aromatic carbocycles. The van der Waals surface area contributed by atoms with Crippen LogP contribution in [0, 0.1) is 6.92 Å². The summed E-state index contributed by atoms with van der Waals surface area (Å²) in [4.78, 5) is 27.3. The van der Waals surface area contributed by atoms with Crippen LogP contribution in [0.3, 0.4) is 0 Å². The maximum Gasteiger partial charge on any atom is 0.264 e. The molecule has 10 heteroatoms. The second-order valence-electron chi connectivity index (χ2n) is 8.92. The van der Waals surface area contributed by atoms with E-state index in [9.17, 15) is 4.79 Å². The summed E-state index contributed by atoms with van der Waals surface area (Å²) in [5.41, 5.74) is 5.29. The first kappa shape index (κ1) is 24.9. The Bertz CT molecular complexity index is 1580. The van der Waals surface area contributed by atoms with E-state index in [4.69, 9.17) is 9.72 Å². The highest BCUT2D eigenvalue weighted by Gasteiger charge is 2.18. The van der Waals surface area contributed by atoms with E-state index in [2.05, 4.69) is 49.6 Å². The quantitative estimate of drug-likeness (QED) is 0.315. The highest BCUT2D eigenvalue weighted by molar-refractivity contribution is 5.80. The van der Waals surface area contributed by atoms with Gasteiger partial charge in [-0.2, -0.15) is 0 Å². The smallest absolute Gasteiger partial charge is 0.264 e. The van der Waals surface area contributed by atoms with Gasteiger partial charge in [0.25, 0.3) is 5.56 Å². The third-order valence-corrected chi connectivity index (χ3v) is 6.42. The highest BCUT2D eigenvalue weighted by atomic mass is 16.5. The number of hydrogen-bond acceptors (Lipinski definition) is 8. The lowest BCUT2D eigenvalue weighted by molar-refractivity contribution is 0.410. The molecule has 5 rings (SSSR count). The number of nitrogens with zero attached hydrogens (tertiary/aromatic N) is 7. The van der Waals surface area contributed by atoms with Crippen molar-refractivity contribution in [3.63, 3.8) is 0 Å². The van der Waals surface area contributed by atoms with E-state index in [1.807, 2.05) is 43.3 Å². The average Bonchev–Trinajstić information content (AvgIpc) is 3.49. The first-order valence-electron chi connectivity index (χ1n) is 12.5. The number of aryl methyl sites for hydroxylation is 2.